The summed E-state index contributed by atoms with van der Waals surface area (Å²) in [4.78, 5) is 11.4. The van der Waals surface area contributed by atoms with Gasteiger partial charge in [-0.3, -0.25) is 4.79 Å². The quantitative estimate of drug-likeness (QED) is 0.850. The molecule has 2 rings (SSSR count). The lowest BCUT2D eigenvalue weighted by atomic mass is 10.3. The van der Waals surface area contributed by atoms with Crippen LogP contribution in [0, 0.1) is 11.6 Å². The van der Waals surface area contributed by atoms with Gasteiger partial charge in [-0.05, 0) is 12.1 Å². The van der Waals surface area contributed by atoms with E-state index in [1.54, 1.807) is 0 Å². The maximum absolute atomic E-state index is 12.8. The summed E-state index contributed by atoms with van der Waals surface area (Å²) in [6.07, 6.45) is 1.31. The minimum atomic E-state index is -1.03. The zero-order valence-corrected chi connectivity index (χ0v) is 7.91. The number of hydrogen-bond acceptors (Lipinski definition) is 3. The van der Waals surface area contributed by atoms with Gasteiger partial charge in [0, 0.05) is 17.8 Å². The molecule has 0 fully saturated rings. The van der Waals surface area contributed by atoms with Gasteiger partial charge in [-0.2, -0.15) is 0 Å². The summed E-state index contributed by atoms with van der Waals surface area (Å²) in [5, 5.41) is 5.68. The molecular weight excluding hydrogens is 218 g/mol. The minimum absolute atomic E-state index is 0.00951. The molecule has 82 valence electrons. The fraction of sp³-hybridized carbons (Fsp3) is 0. The van der Waals surface area contributed by atoms with E-state index in [-0.39, 0.29) is 11.4 Å². The third-order valence-corrected chi connectivity index (χ3v) is 1.84. The number of benzene rings is 1. The summed E-state index contributed by atoms with van der Waals surface area (Å²) >= 11 is 0. The van der Waals surface area contributed by atoms with Crippen LogP contribution in [-0.4, -0.2) is 11.1 Å². The van der Waals surface area contributed by atoms with Crippen LogP contribution in [0.25, 0.3) is 0 Å². The Labute approximate surface area is 88.9 Å². The summed E-state index contributed by atoms with van der Waals surface area (Å²) in [5.41, 5.74) is 0.139. The highest BCUT2D eigenvalue weighted by molar-refractivity contribution is 6.02. The standard InChI is InChI=1S/C10H6F2N2O2/c11-7-2-1-6(5-8(7)12)14-10(15)9-3-4-13-16-9/h1-5H,(H,14,15). The summed E-state index contributed by atoms with van der Waals surface area (Å²) in [6, 6.07) is 4.40. The van der Waals surface area contributed by atoms with Crippen molar-refractivity contribution < 1.29 is 18.1 Å². The first-order valence-electron chi connectivity index (χ1n) is 4.34. The van der Waals surface area contributed by atoms with E-state index in [9.17, 15) is 13.6 Å². The molecule has 0 saturated carbocycles. The lowest BCUT2D eigenvalue weighted by Crippen LogP contribution is -2.11. The molecule has 1 amide bonds. The van der Waals surface area contributed by atoms with Crippen molar-refractivity contribution >= 4 is 11.6 Å². The summed E-state index contributed by atoms with van der Waals surface area (Å²) in [5.74, 6) is -2.60. The topological polar surface area (TPSA) is 55.1 Å². The molecule has 0 radical (unpaired) electrons. The van der Waals surface area contributed by atoms with Crippen molar-refractivity contribution in [3.05, 3.63) is 47.9 Å². The maximum Gasteiger partial charge on any atom is 0.294 e. The number of hydrogen-bond donors (Lipinski definition) is 1. The summed E-state index contributed by atoms with van der Waals surface area (Å²) < 4.78 is 30.0. The second-order valence-corrected chi connectivity index (χ2v) is 2.96. The smallest absolute Gasteiger partial charge is 0.294 e. The second kappa shape index (κ2) is 4.09. The Morgan fingerprint density at radius 3 is 2.69 bits per heavy atom. The Morgan fingerprint density at radius 1 is 1.25 bits per heavy atom. The van der Waals surface area contributed by atoms with Crippen LogP contribution >= 0.6 is 0 Å². The number of nitrogens with one attached hydrogen (secondary N) is 1. The highest BCUT2D eigenvalue weighted by Gasteiger charge is 2.11. The second-order valence-electron chi connectivity index (χ2n) is 2.96. The molecule has 0 saturated heterocycles. The van der Waals surface area contributed by atoms with Crippen LogP contribution in [0.3, 0.4) is 0 Å². The molecule has 1 heterocycles. The van der Waals surface area contributed by atoms with Crippen LogP contribution in [-0.2, 0) is 0 Å². The number of carbonyl (C=O) groups is 1. The zero-order chi connectivity index (χ0) is 11.5. The minimum Gasteiger partial charge on any atom is -0.351 e. The van der Waals surface area contributed by atoms with E-state index in [0.29, 0.717) is 0 Å². The predicted octanol–water partition coefficient (Wildman–Crippen LogP) is 2.21. The molecule has 0 atom stereocenters. The molecule has 0 aliphatic rings. The number of nitrogens with zero attached hydrogens (tertiary/aromatic N) is 1. The van der Waals surface area contributed by atoms with E-state index in [4.69, 9.17) is 0 Å². The van der Waals surface area contributed by atoms with Crippen LogP contribution in [0.4, 0.5) is 14.5 Å². The highest BCUT2D eigenvalue weighted by Crippen LogP contribution is 2.14. The van der Waals surface area contributed by atoms with Gasteiger partial charge in [-0.1, -0.05) is 5.16 Å². The Bertz CT molecular complexity index is 512. The first kappa shape index (κ1) is 10.3. The van der Waals surface area contributed by atoms with Crippen molar-refractivity contribution in [3.8, 4) is 0 Å². The van der Waals surface area contributed by atoms with E-state index in [2.05, 4.69) is 15.0 Å². The van der Waals surface area contributed by atoms with E-state index >= 15 is 0 Å². The fourth-order valence-electron chi connectivity index (χ4n) is 1.10. The molecule has 0 spiro atoms. The van der Waals surface area contributed by atoms with Gasteiger partial charge in [0.15, 0.2) is 11.6 Å². The van der Waals surface area contributed by atoms with E-state index < -0.39 is 17.5 Å². The van der Waals surface area contributed by atoms with Crippen LogP contribution in [0.2, 0.25) is 0 Å². The molecule has 0 bridgehead atoms. The Kier molecular flexibility index (Phi) is 2.63. The maximum atomic E-state index is 12.8. The molecule has 0 aliphatic carbocycles. The molecule has 6 heteroatoms. The van der Waals surface area contributed by atoms with Gasteiger partial charge >= 0.3 is 0 Å². The average Bonchev–Trinajstić information content (AvgIpc) is 2.77. The van der Waals surface area contributed by atoms with Gasteiger partial charge in [-0.15, -0.1) is 0 Å². The normalized spacial score (nSPS) is 10.1. The summed E-state index contributed by atoms with van der Waals surface area (Å²) in [6.45, 7) is 0. The van der Waals surface area contributed by atoms with Crippen LogP contribution in [0.5, 0.6) is 0 Å². The van der Waals surface area contributed by atoms with Gasteiger partial charge in [0.1, 0.15) is 0 Å². The molecule has 16 heavy (non-hydrogen) atoms. The fourth-order valence-corrected chi connectivity index (χ4v) is 1.10. The van der Waals surface area contributed by atoms with Crippen molar-refractivity contribution in [3.63, 3.8) is 0 Å². The monoisotopic (exact) mass is 224 g/mol. The zero-order valence-electron chi connectivity index (χ0n) is 7.91. The third kappa shape index (κ3) is 2.05. The Hall–Kier alpha value is -2.24. The lowest BCUT2D eigenvalue weighted by Gasteiger charge is -2.02. The van der Waals surface area contributed by atoms with Gasteiger partial charge in [0.25, 0.3) is 5.91 Å². The SMILES string of the molecule is O=C(Nc1ccc(F)c(F)c1)c1ccno1. The molecule has 2 aromatic rings. The van der Waals surface area contributed by atoms with Gasteiger partial charge in [-0.25, -0.2) is 8.78 Å². The molecule has 0 unspecified atom stereocenters. The van der Waals surface area contributed by atoms with Crippen molar-refractivity contribution in [2.24, 2.45) is 0 Å². The largest absolute Gasteiger partial charge is 0.351 e. The molecule has 1 aromatic heterocycles. The number of anilines is 1. The first-order chi connectivity index (χ1) is 7.66. The van der Waals surface area contributed by atoms with Crippen molar-refractivity contribution in [1.82, 2.24) is 5.16 Å². The number of amides is 1. The molecule has 0 aliphatic heterocycles. The van der Waals surface area contributed by atoms with Crippen LogP contribution < -0.4 is 5.32 Å². The molecule has 4 nitrogen and oxygen atoms in total. The first-order valence-corrected chi connectivity index (χ1v) is 4.34. The lowest BCUT2D eigenvalue weighted by molar-refractivity contribution is 0.0988. The number of aromatic nitrogens is 1. The number of carbonyl (C=O) groups excluding carboxylic acids is 1. The van der Waals surface area contributed by atoms with Gasteiger partial charge < -0.3 is 9.84 Å². The van der Waals surface area contributed by atoms with Gasteiger partial charge in [0.05, 0.1) is 6.20 Å². The van der Waals surface area contributed by atoms with Crippen molar-refractivity contribution in [1.29, 1.82) is 0 Å². The van der Waals surface area contributed by atoms with Crippen LogP contribution in [0.15, 0.2) is 35.0 Å². The van der Waals surface area contributed by atoms with Crippen molar-refractivity contribution in [2.45, 2.75) is 0 Å². The highest BCUT2D eigenvalue weighted by atomic mass is 19.2. The van der Waals surface area contributed by atoms with E-state index in [1.807, 2.05) is 0 Å². The van der Waals surface area contributed by atoms with E-state index in [0.717, 1.165) is 12.1 Å². The third-order valence-electron chi connectivity index (χ3n) is 1.84. The van der Waals surface area contributed by atoms with E-state index in [1.165, 1.54) is 18.3 Å². The average molecular weight is 224 g/mol. The van der Waals surface area contributed by atoms with Crippen LogP contribution in [0.1, 0.15) is 10.6 Å². The molecule has 1 N–H and O–H groups in total. The molecular formula is C10H6F2N2O2. The Morgan fingerprint density at radius 2 is 2.06 bits per heavy atom. The Balaban J connectivity index is 2.15. The number of halogens is 2. The van der Waals surface area contributed by atoms with Gasteiger partial charge in [0.2, 0.25) is 5.76 Å². The molecule has 1 aromatic carbocycles. The predicted molar refractivity (Wildman–Crippen MR) is 50.8 cm³/mol. The number of rotatable bonds is 2. The van der Waals surface area contributed by atoms with Crippen molar-refractivity contribution in [2.75, 3.05) is 5.32 Å². The summed E-state index contributed by atoms with van der Waals surface area (Å²) in [7, 11) is 0.